The van der Waals surface area contributed by atoms with Crippen molar-refractivity contribution in [1.29, 1.82) is 0 Å². The Labute approximate surface area is 96.7 Å². The van der Waals surface area contributed by atoms with Gasteiger partial charge in [-0.2, -0.15) is 0 Å². The summed E-state index contributed by atoms with van der Waals surface area (Å²) in [5.74, 6) is -2.67. The first-order valence-corrected chi connectivity index (χ1v) is 5.79. The Bertz CT molecular complexity index is 325. The summed E-state index contributed by atoms with van der Waals surface area (Å²) in [6.45, 7) is -4.91. The second-order valence-corrected chi connectivity index (χ2v) is 4.86. The monoisotopic (exact) mass is 254 g/mol. The van der Waals surface area contributed by atoms with E-state index in [4.69, 9.17) is 0 Å². The predicted molar refractivity (Wildman–Crippen MR) is 55.9 cm³/mol. The molecule has 98 valence electrons. The molecule has 17 heavy (non-hydrogen) atoms. The van der Waals surface area contributed by atoms with Gasteiger partial charge in [0.25, 0.3) is 5.92 Å². The van der Waals surface area contributed by atoms with Crippen molar-refractivity contribution in [2.24, 2.45) is 0 Å². The van der Waals surface area contributed by atoms with Crippen molar-refractivity contribution in [2.75, 3.05) is 13.1 Å². The Morgan fingerprint density at radius 3 is 2.41 bits per heavy atom. The van der Waals surface area contributed by atoms with Crippen LogP contribution in [0.15, 0.2) is 11.5 Å². The largest absolute Gasteiger partial charge is 0.505 e. The van der Waals surface area contributed by atoms with Crippen molar-refractivity contribution in [1.82, 2.24) is 4.90 Å². The van der Waals surface area contributed by atoms with Crippen LogP contribution in [0.1, 0.15) is 25.7 Å². The SMILES string of the molecule is F[B-](F)(F)C1=CCC(N2CCC(F)(F)C2)CC1. The van der Waals surface area contributed by atoms with E-state index in [9.17, 15) is 21.7 Å². The van der Waals surface area contributed by atoms with Gasteiger partial charge in [0, 0.05) is 19.0 Å². The minimum Gasteiger partial charge on any atom is -0.445 e. The summed E-state index contributed by atoms with van der Waals surface area (Å²) in [7, 11) is 0. The number of likely N-dealkylation sites (tertiary alicyclic amines) is 1. The van der Waals surface area contributed by atoms with Crippen LogP contribution in [0.25, 0.3) is 0 Å². The molecular formula is C10H14BF5N-. The van der Waals surface area contributed by atoms with Gasteiger partial charge in [0.1, 0.15) is 0 Å². The van der Waals surface area contributed by atoms with Gasteiger partial charge in [-0.1, -0.05) is 6.42 Å². The zero-order chi connectivity index (χ0) is 12.7. The van der Waals surface area contributed by atoms with Gasteiger partial charge in [0.15, 0.2) is 0 Å². The van der Waals surface area contributed by atoms with E-state index in [1.54, 1.807) is 4.90 Å². The summed E-state index contributed by atoms with van der Waals surface area (Å²) in [6, 6.07) is -0.148. The molecule has 0 saturated carbocycles. The van der Waals surface area contributed by atoms with Gasteiger partial charge in [-0.05, 0) is 12.8 Å². The number of hydrogen-bond donors (Lipinski definition) is 0. The summed E-state index contributed by atoms with van der Waals surface area (Å²) in [6.07, 6.45) is 1.56. The molecule has 0 amide bonds. The molecule has 1 heterocycles. The Morgan fingerprint density at radius 2 is 2.00 bits per heavy atom. The van der Waals surface area contributed by atoms with Crippen molar-refractivity contribution in [2.45, 2.75) is 37.6 Å². The zero-order valence-electron chi connectivity index (χ0n) is 9.31. The van der Waals surface area contributed by atoms with E-state index in [0.29, 0.717) is 6.42 Å². The van der Waals surface area contributed by atoms with Crippen LogP contribution < -0.4 is 0 Å². The molecule has 0 spiro atoms. The Hall–Kier alpha value is -0.585. The fourth-order valence-corrected chi connectivity index (χ4v) is 2.54. The Kier molecular flexibility index (Phi) is 3.22. The van der Waals surface area contributed by atoms with Gasteiger partial charge in [-0.3, -0.25) is 4.90 Å². The lowest BCUT2D eigenvalue weighted by molar-refractivity contribution is 0.00705. The quantitative estimate of drug-likeness (QED) is 0.540. The number of rotatable bonds is 2. The number of halogens is 5. The van der Waals surface area contributed by atoms with E-state index in [0.717, 1.165) is 0 Å². The van der Waals surface area contributed by atoms with Crippen LogP contribution in [-0.2, 0) is 0 Å². The topological polar surface area (TPSA) is 3.24 Å². The molecule has 1 aliphatic carbocycles. The average molecular weight is 254 g/mol. The minimum absolute atomic E-state index is 0.0315. The molecule has 1 nitrogen and oxygen atoms in total. The van der Waals surface area contributed by atoms with E-state index in [1.165, 1.54) is 6.08 Å². The van der Waals surface area contributed by atoms with Gasteiger partial charge in [0.05, 0.1) is 6.54 Å². The molecule has 1 aliphatic heterocycles. The molecule has 0 aromatic heterocycles. The van der Waals surface area contributed by atoms with Gasteiger partial charge >= 0.3 is 6.98 Å². The molecule has 0 bridgehead atoms. The highest BCUT2D eigenvalue weighted by Gasteiger charge is 2.41. The first-order chi connectivity index (χ1) is 7.78. The number of alkyl halides is 2. The van der Waals surface area contributed by atoms with Gasteiger partial charge in [-0.25, -0.2) is 8.78 Å². The second-order valence-electron chi connectivity index (χ2n) is 4.86. The van der Waals surface area contributed by atoms with Gasteiger partial charge in [-0.15, -0.1) is 11.5 Å². The normalized spacial score (nSPS) is 30.4. The second kappa shape index (κ2) is 4.26. The molecular weight excluding hydrogens is 240 g/mol. The maximum atomic E-state index is 13.0. The lowest BCUT2D eigenvalue weighted by Gasteiger charge is -2.33. The molecule has 0 aromatic carbocycles. The molecule has 0 N–H and O–H groups in total. The number of allylic oxidation sites excluding steroid dienone is 1. The van der Waals surface area contributed by atoms with Crippen LogP contribution in [0, 0.1) is 0 Å². The molecule has 2 aliphatic rings. The molecule has 1 unspecified atom stereocenters. The molecule has 7 heteroatoms. The van der Waals surface area contributed by atoms with Crippen molar-refractivity contribution in [3.05, 3.63) is 11.5 Å². The average Bonchev–Trinajstić information content (AvgIpc) is 2.58. The Morgan fingerprint density at radius 1 is 1.29 bits per heavy atom. The third-order valence-corrected chi connectivity index (χ3v) is 3.55. The van der Waals surface area contributed by atoms with Crippen LogP contribution in [0.4, 0.5) is 21.7 Å². The smallest absolute Gasteiger partial charge is 0.445 e. The van der Waals surface area contributed by atoms with Gasteiger partial charge < -0.3 is 12.9 Å². The molecule has 2 rings (SSSR count). The highest BCUT2D eigenvalue weighted by Crippen LogP contribution is 2.35. The fourth-order valence-electron chi connectivity index (χ4n) is 2.54. The molecule has 0 aromatic rings. The van der Waals surface area contributed by atoms with Crippen molar-refractivity contribution < 1.29 is 21.7 Å². The summed E-state index contributed by atoms with van der Waals surface area (Å²) < 4.78 is 63.3. The minimum atomic E-state index is -4.89. The molecule has 1 fully saturated rings. The van der Waals surface area contributed by atoms with E-state index in [-0.39, 0.29) is 38.4 Å². The van der Waals surface area contributed by atoms with E-state index < -0.39 is 18.4 Å². The standard InChI is InChI=1S/C10H14BF5N/c12-10(13)5-6-17(7-10)9-3-1-8(2-4-9)11(14,15)16/h1,9H,2-7H2/q-1. The summed E-state index contributed by atoms with van der Waals surface area (Å²) in [4.78, 5) is 1.62. The van der Waals surface area contributed by atoms with Crippen LogP contribution >= 0.6 is 0 Å². The molecule has 0 radical (unpaired) electrons. The van der Waals surface area contributed by atoms with Crippen LogP contribution in [0.2, 0.25) is 0 Å². The lowest BCUT2D eigenvalue weighted by atomic mass is 9.72. The van der Waals surface area contributed by atoms with Crippen molar-refractivity contribution >= 4 is 6.98 Å². The maximum Gasteiger partial charge on any atom is 0.505 e. The zero-order valence-corrected chi connectivity index (χ0v) is 9.31. The fraction of sp³-hybridized carbons (Fsp3) is 0.800. The summed E-state index contributed by atoms with van der Waals surface area (Å²) in [5.41, 5.74) is -0.452. The Balaban J connectivity index is 1.94. The third kappa shape index (κ3) is 3.00. The highest BCUT2D eigenvalue weighted by molar-refractivity contribution is 6.66. The van der Waals surface area contributed by atoms with E-state index >= 15 is 0 Å². The van der Waals surface area contributed by atoms with Crippen molar-refractivity contribution in [3.8, 4) is 0 Å². The van der Waals surface area contributed by atoms with Crippen LogP contribution in [0.5, 0.6) is 0 Å². The number of nitrogens with zero attached hydrogens (tertiary/aromatic N) is 1. The predicted octanol–water partition coefficient (Wildman–Crippen LogP) is 3.19. The van der Waals surface area contributed by atoms with E-state index in [1.807, 2.05) is 0 Å². The van der Waals surface area contributed by atoms with E-state index in [2.05, 4.69) is 0 Å². The third-order valence-electron chi connectivity index (χ3n) is 3.55. The van der Waals surface area contributed by atoms with Crippen LogP contribution in [-0.4, -0.2) is 36.9 Å². The van der Waals surface area contributed by atoms with Crippen LogP contribution in [0.3, 0.4) is 0 Å². The van der Waals surface area contributed by atoms with Crippen molar-refractivity contribution in [3.63, 3.8) is 0 Å². The lowest BCUT2D eigenvalue weighted by Crippen LogP contribution is -2.37. The highest BCUT2D eigenvalue weighted by atomic mass is 19.4. The summed E-state index contributed by atoms with van der Waals surface area (Å²) in [5, 5.41) is 0. The summed E-state index contributed by atoms with van der Waals surface area (Å²) >= 11 is 0. The maximum absolute atomic E-state index is 13.0. The first kappa shape index (κ1) is 12.9. The first-order valence-electron chi connectivity index (χ1n) is 5.79. The number of hydrogen-bond acceptors (Lipinski definition) is 1. The molecule has 1 atom stereocenters. The molecule has 1 saturated heterocycles. The van der Waals surface area contributed by atoms with Gasteiger partial charge in [0.2, 0.25) is 0 Å².